The molecule has 2 aromatic rings. The van der Waals surface area contributed by atoms with E-state index in [1.54, 1.807) is 13.0 Å². The molecule has 0 radical (unpaired) electrons. The van der Waals surface area contributed by atoms with E-state index in [1.807, 2.05) is 0 Å². The van der Waals surface area contributed by atoms with E-state index in [0.717, 1.165) is 0 Å². The average Bonchev–Trinajstić information content (AvgIpc) is 2.22. The highest BCUT2D eigenvalue weighted by atomic mass is 35.5. The zero-order valence-electron chi connectivity index (χ0n) is 9.04. The fourth-order valence-corrected chi connectivity index (χ4v) is 1.55. The third kappa shape index (κ3) is 2.82. The summed E-state index contributed by atoms with van der Waals surface area (Å²) in [5.41, 5.74) is 6.02. The molecule has 88 valence electrons. The number of nitrogens with zero attached hydrogens (tertiary/aromatic N) is 2. The third-order valence-corrected chi connectivity index (χ3v) is 2.38. The van der Waals surface area contributed by atoms with Gasteiger partial charge in [0.2, 0.25) is 0 Å². The van der Waals surface area contributed by atoms with Crippen LogP contribution in [-0.4, -0.2) is 9.97 Å². The van der Waals surface area contributed by atoms with Gasteiger partial charge in [-0.15, -0.1) is 0 Å². The van der Waals surface area contributed by atoms with Gasteiger partial charge in [-0.05, 0) is 25.1 Å². The molecule has 0 aliphatic heterocycles. The number of nitrogens with two attached hydrogens (primary N) is 1. The zero-order chi connectivity index (χ0) is 12.4. The minimum absolute atomic E-state index is 0.340. The fraction of sp³-hybridized carbons (Fsp3) is 0.0909. The minimum atomic E-state index is -0.379. The van der Waals surface area contributed by atoms with Crippen molar-refractivity contribution in [2.24, 2.45) is 0 Å². The predicted octanol–water partition coefficient (Wildman–Crippen LogP) is 2.90. The monoisotopic (exact) mass is 252 g/mol. The molecule has 0 unspecified atom stereocenters. The second kappa shape index (κ2) is 4.55. The number of anilines is 3. The third-order valence-electron chi connectivity index (χ3n) is 2.05. The number of halogens is 2. The van der Waals surface area contributed by atoms with Gasteiger partial charge in [0.25, 0.3) is 0 Å². The summed E-state index contributed by atoms with van der Waals surface area (Å²) in [4.78, 5) is 8.05. The van der Waals surface area contributed by atoms with Crippen molar-refractivity contribution in [3.05, 3.63) is 40.9 Å². The second-order valence-electron chi connectivity index (χ2n) is 3.47. The molecular weight excluding hydrogens is 243 g/mol. The first-order valence-electron chi connectivity index (χ1n) is 4.88. The van der Waals surface area contributed by atoms with E-state index in [4.69, 9.17) is 17.3 Å². The maximum atomic E-state index is 13.1. The van der Waals surface area contributed by atoms with Crippen LogP contribution in [-0.2, 0) is 0 Å². The molecule has 0 aliphatic rings. The summed E-state index contributed by atoms with van der Waals surface area (Å²) in [6, 6.07) is 5.59. The van der Waals surface area contributed by atoms with Gasteiger partial charge in [0.1, 0.15) is 23.3 Å². The number of hydrogen-bond donors (Lipinski definition) is 2. The van der Waals surface area contributed by atoms with E-state index in [-0.39, 0.29) is 5.82 Å². The molecule has 6 heteroatoms. The summed E-state index contributed by atoms with van der Waals surface area (Å²) in [5, 5.41) is 3.30. The summed E-state index contributed by atoms with van der Waals surface area (Å²) in [5.74, 6) is 0.964. The Labute approximate surface area is 103 Å². The SMILES string of the molecule is Cc1nc(N)cc(Nc2cc(F)ccc2Cl)n1. The maximum absolute atomic E-state index is 13.1. The minimum Gasteiger partial charge on any atom is -0.384 e. The molecule has 0 atom stereocenters. The molecule has 3 N–H and O–H groups in total. The normalized spacial score (nSPS) is 10.3. The van der Waals surface area contributed by atoms with Crippen LogP contribution in [0.15, 0.2) is 24.3 Å². The molecule has 1 heterocycles. The lowest BCUT2D eigenvalue weighted by molar-refractivity contribution is 0.628. The molecule has 1 aromatic heterocycles. The lowest BCUT2D eigenvalue weighted by Gasteiger charge is -2.08. The number of aromatic nitrogens is 2. The summed E-state index contributed by atoms with van der Waals surface area (Å²) in [6.07, 6.45) is 0. The first-order valence-corrected chi connectivity index (χ1v) is 5.25. The van der Waals surface area contributed by atoms with Crippen molar-refractivity contribution >= 4 is 28.9 Å². The second-order valence-corrected chi connectivity index (χ2v) is 3.88. The highest BCUT2D eigenvalue weighted by Gasteiger charge is 2.05. The summed E-state index contributed by atoms with van der Waals surface area (Å²) in [7, 11) is 0. The van der Waals surface area contributed by atoms with Crippen LogP contribution < -0.4 is 11.1 Å². The average molecular weight is 253 g/mol. The zero-order valence-corrected chi connectivity index (χ0v) is 9.79. The van der Waals surface area contributed by atoms with Crippen molar-refractivity contribution < 1.29 is 4.39 Å². The van der Waals surface area contributed by atoms with Crippen LogP contribution in [0.4, 0.5) is 21.7 Å². The predicted molar refractivity (Wildman–Crippen MR) is 65.9 cm³/mol. The molecule has 0 saturated heterocycles. The van der Waals surface area contributed by atoms with Crippen LogP contribution in [0.1, 0.15) is 5.82 Å². The molecular formula is C11H10ClFN4. The van der Waals surface area contributed by atoms with E-state index in [0.29, 0.717) is 28.2 Å². The van der Waals surface area contributed by atoms with E-state index in [9.17, 15) is 4.39 Å². The molecule has 17 heavy (non-hydrogen) atoms. The number of rotatable bonds is 2. The van der Waals surface area contributed by atoms with Gasteiger partial charge in [-0.2, -0.15) is 0 Å². The molecule has 0 fully saturated rings. The van der Waals surface area contributed by atoms with Crippen molar-refractivity contribution in [3.63, 3.8) is 0 Å². The highest BCUT2D eigenvalue weighted by molar-refractivity contribution is 6.33. The summed E-state index contributed by atoms with van der Waals surface area (Å²) >= 11 is 5.92. The molecule has 4 nitrogen and oxygen atoms in total. The van der Waals surface area contributed by atoms with Gasteiger partial charge >= 0.3 is 0 Å². The number of nitrogens with one attached hydrogen (secondary N) is 1. The van der Waals surface area contributed by atoms with Gasteiger partial charge in [0.05, 0.1) is 10.7 Å². The van der Waals surface area contributed by atoms with Crippen molar-refractivity contribution in [2.75, 3.05) is 11.1 Å². The van der Waals surface area contributed by atoms with Gasteiger partial charge in [0.15, 0.2) is 0 Å². The number of aryl methyl sites for hydroxylation is 1. The van der Waals surface area contributed by atoms with Crippen LogP contribution in [0.2, 0.25) is 5.02 Å². The van der Waals surface area contributed by atoms with Gasteiger partial charge in [-0.3, -0.25) is 0 Å². The quantitative estimate of drug-likeness (QED) is 0.863. The maximum Gasteiger partial charge on any atom is 0.136 e. The van der Waals surface area contributed by atoms with E-state index in [1.165, 1.54) is 18.2 Å². The van der Waals surface area contributed by atoms with Crippen LogP contribution in [0, 0.1) is 12.7 Å². The van der Waals surface area contributed by atoms with Crippen LogP contribution in [0.25, 0.3) is 0 Å². The molecule has 0 bridgehead atoms. The standard InChI is InChI=1S/C11H10ClFN4/c1-6-15-10(14)5-11(16-6)17-9-4-7(13)2-3-8(9)12/h2-5H,1H3,(H3,14,15,16,17). The first kappa shape index (κ1) is 11.6. The van der Waals surface area contributed by atoms with Crippen molar-refractivity contribution in [3.8, 4) is 0 Å². The first-order chi connectivity index (χ1) is 8.04. The van der Waals surface area contributed by atoms with Gasteiger partial charge in [-0.25, -0.2) is 14.4 Å². The Balaban J connectivity index is 2.34. The Hall–Kier alpha value is -1.88. The Bertz CT molecular complexity index is 539. The van der Waals surface area contributed by atoms with Crippen molar-refractivity contribution in [1.82, 2.24) is 9.97 Å². The van der Waals surface area contributed by atoms with Crippen LogP contribution in [0.5, 0.6) is 0 Å². The van der Waals surface area contributed by atoms with Crippen LogP contribution >= 0.6 is 11.6 Å². The fourth-order valence-electron chi connectivity index (χ4n) is 1.39. The Morgan fingerprint density at radius 3 is 2.76 bits per heavy atom. The van der Waals surface area contributed by atoms with E-state index < -0.39 is 0 Å². The Morgan fingerprint density at radius 2 is 2.06 bits per heavy atom. The largest absolute Gasteiger partial charge is 0.384 e. The highest BCUT2D eigenvalue weighted by Crippen LogP contribution is 2.25. The number of nitrogen functional groups attached to an aromatic ring is 1. The van der Waals surface area contributed by atoms with Gasteiger partial charge in [-0.1, -0.05) is 11.6 Å². The van der Waals surface area contributed by atoms with Crippen molar-refractivity contribution in [2.45, 2.75) is 6.92 Å². The lowest BCUT2D eigenvalue weighted by Crippen LogP contribution is -2.01. The Kier molecular flexibility index (Phi) is 3.10. The van der Waals surface area contributed by atoms with Gasteiger partial charge < -0.3 is 11.1 Å². The van der Waals surface area contributed by atoms with Crippen LogP contribution in [0.3, 0.4) is 0 Å². The Morgan fingerprint density at radius 1 is 1.29 bits per heavy atom. The number of hydrogen-bond acceptors (Lipinski definition) is 4. The van der Waals surface area contributed by atoms with Crippen molar-refractivity contribution in [1.29, 1.82) is 0 Å². The molecule has 0 aliphatic carbocycles. The smallest absolute Gasteiger partial charge is 0.136 e. The molecule has 2 rings (SSSR count). The summed E-state index contributed by atoms with van der Waals surface area (Å²) in [6.45, 7) is 1.72. The van der Waals surface area contributed by atoms with E-state index in [2.05, 4.69) is 15.3 Å². The number of benzene rings is 1. The topological polar surface area (TPSA) is 63.8 Å². The molecule has 0 amide bonds. The van der Waals surface area contributed by atoms with E-state index >= 15 is 0 Å². The molecule has 1 aromatic carbocycles. The lowest BCUT2D eigenvalue weighted by atomic mass is 10.3. The molecule has 0 spiro atoms. The van der Waals surface area contributed by atoms with Gasteiger partial charge in [0, 0.05) is 6.07 Å². The summed E-state index contributed by atoms with van der Waals surface area (Å²) < 4.78 is 13.1. The molecule has 0 saturated carbocycles.